The van der Waals surface area contributed by atoms with Gasteiger partial charge in [-0.3, -0.25) is 4.79 Å². The lowest BCUT2D eigenvalue weighted by Crippen LogP contribution is -2.12. The van der Waals surface area contributed by atoms with Crippen molar-refractivity contribution in [2.24, 2.45) is 5.73 Å². The van der Waals surface area contributed by atoms with E-state index in [0.29, 0.717) is 13.0 Å². The lowest BCUT2D eigenvalue weighted by atomic mass is 10.1. The van der Waals surface area contributed by atoms with E-state index in [1.54, 1.807) is 0 Å². The number of para-hydroxylation sites is 2. The number of carbonyl (C=O) groups excluding carboxylic acids is 1. The minimum atomic E-state index is 0.0763. The van der Waals surface area contributed by atoms with Crippen molar-refractivity contribution in [2.45, 2.75) is 39.2 Å². The third kappa shape index (κ3) is 3.15. The Morgan fingerprint density at radius 2 is 1.83 bits per heavy atom. The standard InChI is InChI=1S/C20H25N3O/c1-2-23-18-12-6-5-9-15(18)16-10-8-11-17(20(16)23)22-19(24)13-4-3-7-14-21/h5-6,8-12H,2-4,7,13-14,21H2,1H3,(H,22,24). The average Bonchev–Trinajstić information content (AvgIpc) is 2.94. The van der Waals surface area contributed by atoms with Gasteiger partial charge in [-0.05, 0) is 38.4 Å². The van der Waals surface area contributed by atoms with Crippen molar-refractivity contribution < 1.29 is 4.79 Å². The molecule has 3 rings (SSSR count). The summed E-state index contributed by atoms with van der Waals surface area (Å²) < 4.78 is 2.27. The van der Waals surface area contributed by atoms with E-state index in [9.17, 15) is 4.79 Å². The van der Waals surface area contributed by atoms with Crippen molar-refractivity contribution in [3.63, 3.8) is 0 Å². The third-order valence-corrected chi connectivity index (χ3v) is 4.49. The van der Waals surface area contributed by atoms with Crippen LogP contribution in [-0.4, -0.2) is 17.0 Å². The summed E-state index contributed by atoms with van der Waals surface area (Å²) in [5.41, 5.74) is 8.71. The number of rotatable bonds is 7. The summed E-state index contributed by atoms with van der Waals surface area (Å²) >= 11 is 0. The second-order valence-electron chi connectivity index (χ2n) is 6.11. The molecule has 0 saturated heterocycles. The smallest absolute Gasteiger partial charge is 0.224 e. The van der Waals surface area contributed by atoms with Gasteiger partial charge in [0, 0.05) is 29.3 Å². The predicted octanol–water partition coefficient (Wildman–Crippen LogP) is 4.27. The number of unbranched alkanes of at least 4 members (excludes halogenated alkanes) is 2. The Hall–Kier alpha value is -2.33. The number of nitrogens with zero attached hydrogens (tertiary/aromatic N) is 1. The van der Waals surface area contributed by atoms with E-state index in [-0.39, 0.29) is 5.91 Å². The maximum absolute atomic E-state index is 12.3. The molecule has 0 atom stereocenters. The van der Waals surface area contributed by atoms with Crippen LogP contribution >= 0.6 is 0 Å². The van der Waals surface area contributed by atoms with Crippen molar-refractivity contribution in [3.05, 3.63) is 42.5 Å². The minimum Gasteiger partial charge on any atom is -0.339 e. The average molecular weight is 323 g/mol. The van der Waals surface area contributed by atoms with Crippen LogP contribution in [-0.2, 0) is 11.3 Å². The second-order valence-corrected chi connectivity index (χ2v) is 6.11. The number of hydrogen-bond donors (Lipinski definition) is 2. The van der Waals surface area contributed by atoms with Gasteiger partial charge in [0.2, 0.25) is 5.91 Å². The van der Waals surface area contributed by atoms with E-state index in [1.165, 1.54) is 16.3 Å². The monoisotopic (exact) mass is 323 g/mol. The Balaban J connectivity index is 1.92. The number of aryl methyl sites for hydroxylation is 1. The fourth-order valence-corrected chi connectivity index (χ4v) is 3.36. The molecular weight excluding hydrogens is 298 g/mol. The topological polar surface area (TPSA) is 60.0 Å². The highest BCUT2D eigenvalue weighted by molar-refractivity contribution is 6.13. The Morgan fingerprint density at radius 3 is 2.62 bits per heavy atom. The molecule has 2 aromatic carbocycles. The number of nitrogens with one attached hydrogen (secondary N) is 1. The summed E-state index contributed by atoms with van der Waals surface area (Å²) in [6.45, 7) is 3.70. The minimum absolute atomic E-state index is 0.0763. The molecule has 0 radical (unpaired) electrons. The molecule has 3 aromatic rings. The quantitative estimate of drug-likeness (QED) is 0.638. The zero-order chi connectivity index (χ0) is 16.9. The summed E-state index contributed by atoms with van der Waals surface area (Å²) in [6, 6.07) is 14.5. The first-order valence-corrected chi connectivity index (χ1v) is 8.76. The summed E-state index contributed by atoms with van der Waals surface area (Å²) in [5, 5.41) is 5.52. The summed E-state index contributed by atoms with van der Waals surface area (Å²) in [5.74, 6) is 0.0763. The molecule has 0 bridgehead atoms. The zero-order valence-electron chi connectivity index (χ0n) is 14.2. The van der Waals surface area contributed by atoms with Gasteiger partial charge >= 0.3 is 0 Å². The molecule has 4 heteroatoms. The summed E-state index contributed by atoms with van der Waals surface area (Å²) in [6.07, 6.45) is 3.41. The van der Waals surface area contributed by atoms with Gasteiger partial charge in [-0.25, -0.2) is 0 Å². The van der Waals surface area contributed by atoms with E-state index >= 15 is 0 Å². The molecule has 24 heavy (non-hydrogen) atoms. The first kappa shape index (κ1) is 16.5. The molecular formula is C20H25N3O. The molecule has 3 N–H and O–H groups in total. The van der Waals surface area contributed by atoms with Gasteiger partial charge in [-0.15, -0.1) is 0 Å². The van der Waals surface area contributed by atoms with E-state index in [1.807, 2.05) is 12.1 Å². The molecule has 1 aromatic heterocycles. The summed E-state index contributed by atoms with van der Waals surface area (Å²) in [7, 11) is 0. The molecule has 0 aliphatic heterocycles. The number of amides is 1. The van der Waals surface area contributed by atoms with Gasteiger partial charge < -0.3 is 15.6 Å². The Kier molecular flexibility index (Phi) is 5.16. The number of carbonyl (C=O) groups is 1. The van der Waals surface area contributed by atoms with E-state index in [2.05, 4.69) is 47.1 Å². The lowest BCUT2D eigenvalue weighted by molar-refractivity contribution is -0.116. The van der Waals surface area contributed by atoms with Crippen LogP contribution in [0.25, 0.3) is 21.8 Å². The molecule has 126 valence electrons. The van der Waals surface area contributed by atoms with Crippen LogP contribution in [0.5, 0.6) is 0 Å². The van der Waals surface area contributed by atoms with Crippen LogP contribution in [0.1, 0.15) is 32.6 Å². The number of nitrogens with two attached hydrogens (primary N) is 1. The Morgan fingerprint density at radius 1 is 1.04 bits per heavy atom. The zero-order valence-corrected chi connectivity index (χ0v) is 14.2. The van der Waals surface area contributed by atoms with E-state index < -0.39 is 0 Å². The fraction of sp³-hybridized carbons (Fsp3) is 0.350. The number of aromatic nitrogens is 1. The maximum Gasteiger partial charge on any atom is 0.224 e. The highest BCUT2D eigenvalue weighted by Crippen LogP contribution is 2.33. The fourth-order valence-electron chi connectivity index (χ4n) is 3.36. The van der Waals surface area contributed by atoms with Gasteiger partial charge in [0.1, 0.15) is 0 Å². The molecule has 1 amide bonds. The molecule has 1 heterocycles. The van der Waals surface area contributed by atoms with Gasteiger partial charge in [0.15, 0.2) is 0 Å². The van der Waals surface area contributed by atoms with Gasteiger partial charge in [0.25, 0.3) is 0 Å². The van der Waals surface area contributed by atoms with Gasteiger partial charge in [0.05, 0.1) is 11.2 Å². The van der Waals surface area contributed by atoms with Crippen LogP contribution in [0.2, 0.25) is 0 Å². The van der Waals surface area contributed by atoms with Crippen molar-refractivity contribution in [3.8, 4) is 0 Å². The van der Waals surface area contributed by atoms with Crippen LogP contribution in [0.15, 0.2) is 42.5 Å². The molecule has 0 saturated carbocycles. The first-order chi connectivity index (χ1) is 11.8. The number of anilines is 1. The van der Waals surface area contributed by atoms with Crippen LogP contribution in [0, 0.1) is 0 Å². The molecule has 4 nitrogen and oxygen atoms in total. The van der Waals surface area contributed by atoms with Crippen molar-refractivity contribution in [2.75, 3.05) is 11.9 Å². The molecule has 0 spiro atoms. The van der Waals surface area contributed by atoms with Crippen molar-refractivity contribution in [1.29, 1.82) is 0 Å². The lowest BCUT2D eigenvalue weighted by Gasteiger charge is -2.10. The highest BCUT2D eigenvalue weighted by Gasteiger charge is 2.13. The number of benzene rings is 2. The van der Waals surface area contributed by atoms with Gasteiger partial charge in [-0.2, -0.15) is 0 Å². The normalized spacial score (nSPS) is 11.2. The molecule has 0 aliphatic carbocycles. The molecule has 0 unspecified atom stereocenters. The number of hydrogen-bond acceptors (Lipinski definition) is 2. The first-order valence-electron chi connectivity index (χ1n) is 8.76. The van der Waals surface area contributed by atoms with E-state index in [0.717, 1.165) is 37.0 Å². The SMILES string of the molecule is CCn1c2ccccc2c2cccc(NC(=O)CCCCCN)c21. The molecule has 0 fully saturated rings. The van der Waals surface area contributed by atoms with Crippen LogP contribution in [0.4, 0.5) is 5.69 Å². The largest absolute Gasteiger partial charge is 0.339 e. The molecule has 0 aliphatic rings. The van der Waals surface area contributed by atoms with Gasteiger partial charge in [-0.1, -0.05) is 36.8 Å². The third-order valence-electron chi connectivity index (χ3n) is 4.49. The summed E-state index contributed by atoms with van der Waals surface area (Å²) in [4.78, 5) is 12.3. The van der Waals surface area contributed by atoms with Crippen molar-refractivity contribution >= 4 is 33.4 Å². The maximum atomic E-state index is 12.3. The van der Waals surface area contributed by atoms with Crippen molar-refractivity contribution in [1.82, 2.24) is 4.57 Å². The van der Waals surface area contributed by atoms with Crippen LogP contribution in [0.3, 0.4) is 0 Å². The second kappa shape index (κ2) is 7.49. The Labute approximate surface area is 142 Å². The van der Waals surface area contributed by atoms with Crippen LogP contribution < -0.4 is 11.1 Å². The van der Waals surface area contributed by atoms with E-state index in [4.69, 9.17) is 5.73 Å². The Bertz CT molecular complexity index is 851. The number of fused-ring (bicyclic) bond motifs is 3. The predicted molar refractivity (Wildman–Crippen MR) is 101 cm³/mol. The highest BCUT2D eigenvalue weighted by atomic mass is 16.1.